The number of carbonyl (C=O) groups is 1. The number of hydrogen-bond acceptors (Lipinski definition) is 3. The van der Waals surface area contributed by atoms with Gasteiger partial charge in [-0.15, -0.1) is 0 Å². The van der Waals surface area contributed by atoms with Gasteiger partial charge < -0.3 is 9.64 Å². The van der Waals surface area contributed by atoms with Crippen LogP contribution < -0.4 is 4.74 Å². The van der Waals surface area contributed by atoms with Gasteiger partial charge in [-0.1, -0.05) is 6.92 Å². The molecule has 1 saturated heterocycles. The quantitative estimate of drug-likeness (QED) is 0.744. The smallest absolute Gasteiger partial charge is 0.164 e. The van der Waals surface area contributed by atoms with Gasteiger partial charge in [-0.2, -0.15) is 0 Å². The summed E-state index contributed by atoms with van der Waals surface area (Å²) >= 11 is 0. The molecule has 1 fully saturated rings. The normalized spacial score (nSPS) is 16.7. The number of Topliss-reactive ketones (excluding diaryl/α,β-unsaturated/α-hetero) is 1. The maximum atomic E-state index is 12.5. The predicted octanol–water partition coefficient (Wildman–Crippen LogP) is 4.01. The molecule has 1 aromatic carbocycles. The first-order chi connectivity index (χ1) is 10.5. The highest BCUT2D eigenvalue weighted by atomic mass is 16.5. The third kappa shape index (κ3) is 4.10. The molecule has 22 heavy (non-hydrogen) atoms. The van der Waals surface area contributed by atoms with E-state index in [9.17, 15) is 4.79 Å². The molecule has 1 heterocycles. The van der Waals surface area contributed by atoms with Crippen LogP contribution in [0.1, 0.15) is 54.6 Å². The van der Waals surface area contributed by atoms with E-state index in [1.54, 1.807) is 0 Å². The molecule has 0 spiro atoms. The second-order valence-corrected chi connectivity index (χ2v) is 6.49. The Morgan fingerprint density at radius 2 is 1.91 bits per heavy atom. The van der Waals surface area contributed by atoms with Crippen LogP contribution in [0.4, 0.5) is 0 Å². The third-order valence-electron chi connectivity index (χ3n) is 4.87. The van der Waals surface area contributed by atoms with Crippen molar-refractivity contribution in [3.8, 4) is 5.75 Å². The van der Waals surface area contributed by atoms with Gasteiger partial charge in [-0.25, -0.2) is 0 Å². The highest BCUT2D eigenvalue weighted by Gasteiger charge is 2.18. The lowest BCUT2D eigenvalue weighted by molar-refractivity contribution is 0.0952. The summed E-state index contributed by atoms with van der Waals surface area (Å²) in [5, 5.41) is 0. The topological polar surface area (TPSA) is 29.5 Å². The molecule has 0 amide bonds. The number of carbonyl (C=O) groups excluding carboxylic acids is 1. The molecule has 0 saturated carbocycles. The Bertz CT molecular complexity index is 516. The Morgan fingerprint density at radius 3 is 2.55 bits per heavy atom. The number of nitrogens with zero attached hydrogens (tertiary/aromatic N) is 1. The number of ketones is 1. The van der Waals surface area contributed by atoms with E-state index < -0.39 is 0 Å². The maximum absolute atomic E-state index is 12.5. The minimum atomic E-state index is 0.252. The minimum Gasteiger partial charge on any atom is -0.494 e. The maximum Gasteiger partial charge on any atom is 0.164 e. The van der Waals surface area contributed by atoms with Crippen LogP contribution in [0.3, 0.4) is 0 Å². The van der Waals surface area contributed by atoms with Crippen LogP contribution in [0.5, 0.6) is 5.75 Å². The SMILES string of the molecule is CCOc1ccc(C(=O)CCN2CCC(C)CC2)c(C)c1C. The van der Waals surface area contributed by atoms with Gasteiger partial charge in [0.15, 0.2) is 5.78 Å². The molecular formula is C19H29NO2. The Labute approximate surface area is 134 Å². The average molecular weight is 303 g/mol. The number of ether oxygens (including phenoxy) is 1. The standard InChI is InChI=1S/C19H29NO2/c1-5-22-19-7-6-17(15(3)16(19)4)18(21)10-13-20-11-8-14(2)9-12-20/h6-7,14H,5,8-13H2,1-4H3. The monoisotopic (exact) mass is 303 g/mol. The Kier molecular flexibility index (Phi) is 6.01. The van der Waals surface area contributed by atoms with Gasteiger partial charge in [-0.05, 0) is 75.9 Å². The van der Waals surface area contributed by atoms with E-state index in [4.69, 9.17) is 4.74 Å². The van der Waals surface area contributed by atoms with Gasteiger partial charge in [0, 0.05) is 18.5 Å². The van der Waals surface area contributed by atoms with Crippen molar-refractivity contribution in [3.05, 3.63) is 28.8 Å². The molecule has 0 radical (unpaired) electrons. The first-order valence-electron chi connectivity index (χ1n) is 8.51. The molecule has 2 rings (SSSR count). The second kappa shape index (κ2) is 7.77. The zero-order chi connectivity index (χ0) is 16.1. The van der Waals surface area contributed by atoms with E-state index in [1.807, 2.05) is 32.9 Å². The number of piperidine rings is 1. The van der Waals surface area contributed by atoms with Crippen LogP contribution >= 0.6 is 0 Å². The van der Waals surface area contributed by atoms with Crippen molar-refractivity contribution in [2.45, 2.75) is 47.0 Å². The molecule has 1 aliphatic heterocycles. The zero-order valence-electron chi connectivity index (χ0n) is 14.4. The third-order valence-corrected chi connectivity index (χ3v) is 4.87. The molecule has 0 bridgehead atoms. The zero-order valence-corrected chi connectivity index (χ0v) is 14.4. The van der Waals surface area contributed by atoms with Gasteiger partial charge in [0.05, 0.1) is 6.61 Å². The van der Waals surface area contributed by atoms with Gasteiger partial charge in [0.2, 0.25) is 0 Å². The molecule has 0 unspecified atom stereocenters. The number of hydrogen-bond donors (Lipinski definition) is 0. The van der Waals surface area contributed by atoms with Gasteiger partial charge in [0.1, 0.15) is 5.75 Å². The number of likely N-dealkylation sites (tertiary alicyclic amines) is 1. The van der Waals surface area contributed by atoms with E-state index in [2.05, 4.69) is 11.8 Å². The minimum absolute atomic E-state index is 0.252. The lowest BCUT2D eigenvalue weighted by Gasteiger charge is -2.29. The Hall–Kier alpha value is -1.35. The van der Waals surface area contributed by atoms with Crippen molar-refractivity contribution in [2.24, 2.45) is 5.92 Å². The molecule has 0 N–H and O–H groups in total. The van der Waals surface area contributed by atoms with Crippen LogP contribution in [-0.2, 0) is 0 Å². The predicted molar refractivity (Wildman–Crippen MR) is 90.9 cm³/mol. The summed E-state index contributed by atoms with van der Waals surface area (Å²) in [5.74, 6) is 1.98. The van der Waals surface area contributed by atoms with Gasteiger partial charge >= 0.3 is 0 Å². The Balaban J connectivity index is 1.96. The van der Waals surface area contributed by atoms with Gasteiger partial charge in [-0.3, -0.25) is 4.79 Å². The molecule has 0 aromatic heterocycles. The fraction of sp³-hybridized carbons (Fsp3) is 0.632. The van der Waals surface area contributed by atoms with Crippen molar-refractivity contribution in [2.75, 3.05) is 26.2 Å². The van der Waals surface area contributed by atoms with Crippen molar-refractivity contribution < 1.29 is 9.53 Å². The van der Waals surface area contributed by atoms with E-state index >= 15 is 0 Å². The van der Waals surface area contributed by atoms with Crippen LogP contribution in [-0.4, -0.2) is 36.9 Å². The van der Waals surface area contributed by atoms with Crippen LogP contribution in [0.25, 0.3) is 0 Å². The van der Waals surface area contributed by atoms with E-state index in [0.29, 0.717) is 13.0 Å². The summed E-state index contributed by atoms with van der Waals surface area (Å²) in [6.07, 6.45) is 3.13. The van der Waals surface area contributed by atoms with Crippen LogP contribution in [0, 0.1) is 19.8 Å². The number of rotatable bonds is 6. The molecule has 1 aromatic rings. The largest absolute Gasteiger partial charge is 0.494 e. The molecule has 3 heteroatoms. The summed E-state index contributed by atoms with van der Waals surface area (Å²) < 4.78 is 5.60. The lowest BCUT2D eigenvalue weighted by Crippen LogP contribution is -2.34. The molecule has 122 valence electrons. The van der Waals surface area contributed by atoms with Crippen molar-refractivity contribution in [1.82, 2.24) is 4.90 Å². The molecule has 3 nitrogen and oxygen atoms in total. The Morgan fingerprint density at radius 1 is 1.23 bits per heavy atom. The first-order valence-corrected chi connectivity index (χ1v) is 8.51. The van der Waals surface area contributed by atoms with E-state index in [1.165, 1.54) is 12.8 Å². The molecule has 0 aliphatic carbocycles. The molecular weight excluding hydrogens is 274 g/mol. The molecule has 1 aliphatic rings. The highest BCUT2D eigenvalue weighted by molar-refractivity contribution is 5.98. The highest BCUT2D eigenvalue weighted by Crippen LogP contribution is 2.25. The van der Waals surface area contributed by atoms with Crippen molar-refractivity contribution in [3.63, 3.8) is 0 Å². The first kappa shape index (κ1) is 17.0. The summed E-state index contributed by atoms with van der Waals surface area (Å²) in [6, 6.07) is 3.86. The van der Waals surface area contributed by atoms with Crippen molar-refractivity contribution in [1.29, 1.82) is 0 Å². The van der Waals surface area contributed by atoms with Gasteiger partial charge in [0.25, 0.3) is 0 Å². The summed E-state index contributed by atoms with van der Waals surface area (Å²) in [6.45, 7) is 12.2. The summed E-state index contributed by atoms with van der Waals surface area (Å²) in [7, 11) is 0. The van der Waals surface area contributed by atoms with Crippen LogP contribution in [0.15, 0.2) is 12.1 Å². The number of benzene rings is 1. The molecule has 0 atom stereocenters. The summed E-state index contributed by atoms with van der Waals surface area (Å²) in [4.78, 5) is 15.0. The van der Waals surface area contributed by atoms with E-state index in [-0.39, 0.29) is 5.78 Å². The summed E-state index contributed by atoms with van der Waals surface area (Å²) in [5.41, 5.74) is 2.99. The fourth-order valence-electron chi connectivity index (χ4n) is 3.09. The fourth-order valence-corrected chi connectivity index (χ4v) is 3.09. The van der Waals surface area contributed by atoms with Crippen molar-refractivity contribution >= 4 is 5.78 Å². The van der Waals surface area contributed by atoms with Crippen LogP contribution in [0.2, 0.25) is 0 Å². The second-order valence-electron chi connectivity index (χ2n) is 6.49. The van der Waals surface area contributed by atoms with E-state index in [0.717, 1.165) is 48.0 Å². The average Bonchev–Trinajstić information content (AvgIpc) is 2.51. The lowest BCUT2D eigenvalue weighted by atomic mass is 9.96.